The topological polar surface area (TPSA) is 93.1 Å². The fraction of sp³-hybridized carbons (Fsp3) is 0.714. The van der Waals surface area contributed by atoms with Gasteiger partial charge in [0.1, 0.15) is 6.61 Å². The molecule has 0 amide bonds. The van der Waals surface area contributed by atoms with Crippen LogP contribution in [0.25, 0.3) is 0 Å². The van der Waals surface area contributed by atoms with Crippen molar-refractivity contribution in [2.75, 3.05) is 13.2 Å². The molecule has 0 aromatic heterocycles. The zero-order valence-electron chi connectivity index (χ0n) is 26.2. The average molecular weight is 577 g/mol. The minimum absolute atomic E-state index is 0.1000. The quantitative estimate of drug-likeness (QED) is 0.0420. The first-order valence-electron chi connectivity index (χ1n) is 16.3. The Balaban J connectivity index is 3.79. The molecule has 0 aromatic carbocycles. The standard InChI is InChI=1S/C35H60O6/c1-3-5-7-8-9-13-17-20-24-28-34(38)40-31-33(30-36)41-35(39)29-25-21-18-15-12-10-11-14-16-19-23-27-32(37)26-22-6-4-2/h10-11,15-16,18-19,23,27,32-33,36-37H,3-9,12-14,17,20-22,24-26,28-31H2,1-2H3/b11-10-,18-15-,19-16-,27-23+/t32-,33-/m0/s1. The van der Waals surface area contributed by atoms with Crippen LogP contribution in [0, 0.1) is 0 Å². The maximum atomic E-state index is 12.1. The first-order chi connectivity index (χ1) is 20.0. The van der Waals surface area contributed by atoms with E-state index in [2.05, 4.69) is 38.2 Å². The summed E-state index contributed by atoms with van der Waals surface area (Å²) in [6.07, 6.45) is 33.5. The van der Waals surface area contributed by atoms with Gasteiger partial charge < -0.3 is 19.7 Å². The van der Waals surface area contributed by atoms with E-state index in [9.17, 15) is 19.8 Å². The van der Waals surface area contributed by atoms with Crippen LogP contribution < -0.4 is 0 Å². The molecule has 0 spiro atoms. The summed E-state index contributed by atoms with van der Waals surface area (Å²) >= 11 is 0. The van der Waals surface area contributed by atoms with Crippen LogP contribution in [0.5, 0.6) is 0 Å². The molecule has 0 radical (unpaired) electrons. The Hall–Kier alpha value is -2.18. The Labute approximate surface area is 251 Å². The van der Waals surface area contributed by atoms with E-state index in [1.807, 2.05) is 24.3 Å². The molecular weight excluding hydrogens is 516 g/mol. The second-order valence-electron chi connectivity index (χ2n) is 10.7. The van der Waals surface area contributed by atoms with E-state index in [4.69, 9.17) is 9.47 Å². The molecule has 41 heavy (non-hydrogen) atoms. The summed E-state index contributed by atoms with van der Waals surface area (Å²) in [5, 5.41) is 19.3. The predicted molar refractivity (Wildman–Crippen MR) is 170 cm³/mol. The number of unbranched alkanes of at least 4 members (excludes halogenated alkanes) is 11. The molecule has 0 aromatic rings. The number of aliphatic hydroxyl groups excluding tert-OH is 2. The van der Waals surface area contributed by atoms with Crippen LogP contribution in [-0.2, 0) is 19.1 Å². The summed E-state index contributed by atoms with van der Waals surface area (Å²) in [6, 6.07) is 0. The smallest absolute Gasteiger partial charge is 0.306 e. The van der Waals surface area contributed by atoms with Gasteiger partial charge >= 0.3 is 11.9 Å². The van der Waals surface area contributed by atoms with Crippen molar-refractivity contribution < 1.29 is 29.3 Å². The van der Waals surface area contributed by atoms with E-state index >= 15 is 0 Å². The van der Waals surface area contributed by atoms with Gasteiger partial charge in [-0.05, 0) is 38.5 Å². The average Bonchev–Trinajstić information content (AvgIpc) is 2.96. The Morgan fingerprint density at radius 3 is 1.95 bits per heavy atom. The summed E-state index contributed by atoms with van der Waals surface area (Å²) in [6.45, 7) is 3.91. The summed E-state index contributed by atoms with van der Waals surface area (Å²) in [4.78, 5) is 24.0. The lowest BCUT2D eigenvalue weighted by Crippen LogP contribution is -2.28. The number of allylic oxidation sites excluding steroid dienone is 7. The molecule has 0 fully saturated rings. The van der Waals surface area contributed by atoms with Crippen LogP contribution in [0.1, 0.15) is 136 Å². The fourth-order valence-electron chi connectivity index (χ4n) is 4.18. The molecule has 2 atom stereocenters. The van der Waals surface area contributed by atoms with Crippen LogP contribution in [0.2, 0.25) is 0 Å². The number of carbonyl (C=O) groups is 2. The Morgan fingerprint density at radius 2 is 1.27 bits per heavy atom. The van der Waals surface area contributed by atoms with E-state index in [-0.39, 0.29) is 37.7 Å². The maximum absolute atomic E-state index is 12.1. The van der Waals surface area contributed by atoms with Crippen molar-refractivity contribution in [3.05, 3.63) is 48.6 Å². The van der Waals surface area contributed by atoms with Crippen LogP contribution in [0.15, 0.2) is 48.6 Å². The van der Waals surface area contributed by atoms with Gasteiger partial charge in [0.15, 0.2) is 6.10 Å². The van der Waals surface area contributed by atoms with Gasteiger partial charge in [0, 0.05) is 12.8 Å². The molecule has 0 aliphatic carbocycles. The van der Waals surface area contributed by atoms with Crippen LogP contribution in [-0.4, -0.2) is 47.6 Å². The predicted octanol–water partition coefficient (Wildman–Crippen LogP) is 8.47. The van der Waals surface area contributed by atoms with Crippen molar-refractivity contribution in [1.82, 2.24) is 0 Å². The van der Waals surface area contributed by atoms with Gasteiger partial charge in [-0.25, -0.2) is 0 Å². The van der Waals surface area contributed by atoms with Crippen LogP contribution in [0.4, 0.5) is 0 Å². The molecule has 0 aliphatic rings. The molecule has 0 unspecified atom stereocenters. The molecule has 236 valence electrons. The third-order valence-corrected chi connectivity index (χ3v) is 6.73. The number of hydrogen-bond donors (Lipinski definition) is 2. The van der Waals surface area contributed by atoms with E-state index in [0.29, 0.717) is 12.8 Å². The van der Waals surface area contributed by atoms with E-state index in [1.54, 1.807) is 0 Å². The second kappa shape index (κ2) is 30.8. The van der Waals surface area contributed by atoms with Crippen molar-refractivity contribution in [3.8, 4) is 0 Å². The molecule has 2 N–H and O–H groups in total. The summed E-state index contributed by atoms with van der Waals surface area (Å²) in [5.41, 5.74) is 0. The van der Waals surface area contributed by atoms with Crippen molar-refractivity contribution in [1.29, 1.82) is 0 Å². The molecular formula is C35H60O6. The Kier molecular flexibility index (Phi) is 29.1. The lowest BCUT2D eigenvalue weighted by Gasteiger charge is -2.15. The van der Waals surface area contributed by atoms with Gasteiger partial charge in [-0.3, -0.25) is 9.59 Å². The van der Waals surface area contributed by atoms with Crippen molar-refractivity contribution in [2.24, 2.45) is 0 Å². The van der Waals surface area contributed by atoms with Crippen molar-refractivity contribution >= 4 is 11.9 Å². The Morgan fingerprint density at radius 1 is 0.683 bits per heavy atom. The molecule has 0 saturated heterocycles. The highest BCUT2D eigenvalue weighted by molar-refractivity contribution is 5.70. The normalized spacial score (nSPS) is 13.6. The molecule has 6 nitrogen and oxygen atoms in total. The number of esters is 2. The molecule has 0 bridgehead atoms. The summed E-state index contributed by atoms with van der Waals surface area (Å²) in [7, 11) is 0. The third-order valence-electron chi connectivity index (χ3n) is 6.73. The zero-order chi connectivity index (χ0) is 30.2. The monoisotopic (exact) mass is 576 g/mol. The number of ether oxygens (including phenoxy) is 2. The van der Waals surface area contributed by atoms with Gasteiger partial charge in [0.25, 0.3) is 0 Å². The highest BCUT2D eigenvalue weighted by atomic mass is 16.6. The van der Waals surface area contributed by atoms with Gasteiger partial charge in [-0.15, -0.1) is 0 Å². The van der Waals surface area contributed by atoms with Crippen LogP contribution >= 0.6 is 0 Å². The van der Waals surface area contributed by atoms with E-state index in [0.717, 1.165) is 57.8 Å². The highest BCUT2D eigenvalue weighted by Gasteiger charge is 2.15. The molecule has 0 heterocycles. The lowest BCUT2D eigenvalue weighted by atomic mass is 10.1. The van der Waals surface area contributed by atoms with Gasteiger partial charge in [0.2, 0.25) is 0 Å². The minimum Gasteiger partial charge on any atom is -0.462 e. The van der Waals surface area contributed by atoms with Crippen LogP contribution in [0.3, 0.4) is 0 Å². The van der Waals surface area contributed by atoms with Gasteiger partial charge in [-0.1, -0.05) is 133 Å². The van der Waals surface area contributed by atoms with E-state index < -0.39 is 6.10 Å². The summed E-state index contributed by atoms with van der Waals surface area (Å²) < 4.78 is 10.5. The highest BCUT2D eigenvalue weighted by Crippen LogP contribution is 2.11. The fourth-order valence-corrected chi connectivity index (χ4v) is 4.18. The van der Waals surface area contributed by atoms with Gasteiger partial charge in [-0.2, -0.15) is 0 Å². The number of rotatable bonds is 28. The lowest BCUT2D eigenvalue weighted by molar-refractivity contribution is -0.161. The van der Waals surface area contributed by atoms with Gasteiger partial charge in [0.05, 0.1) is 12.7 Å². The Bertz CT molecular complexity index is 724. The third kappa shape index (κ3) is 29.1. The SMILES string of the molecule is CCCCCCCCCCCC(=O)OC[C@H](CO)OC(=O)CCC/C=C\C/C=C\C/C=C\C=C\[C@@H](O)CCCCC. The molecule has 0 rings (SSSR count). The number of aliphatic hydroxyl groups is 2. The first-order valence-corrected chi connectivity index (χ1v) is 16.3. The first kappa shape index (κ1) is 38.8. The number of hydrogen-bond acceptors (Lipinski definition) is 6. The number of carbonyl (C=O) groups excluding carboxylic acids is 2. The minimum atomic E-state index is -0.810. The zero-order valence-corrected chi connectivity index (χ0v) is 26.2. The molecule has 0 saturated carbocycles. The molecule has 6 heteroatoms. The largest absolute Gasteiger partial charge is 0.462 e. The molecule has 0 aliphatic heterocycles. The van der Waals surface area contributed by atoms with Crippen molar-refractivity contribution in [2.45, 2.75) is 148 Å². The summed E-state index contributed by atoms with van der Waals surface area (Å²) in [5.74, 6) is -0.691. The van der Waals surface area contributed by atoms with Crippen molar-refractivity contribution in [3.63, 3.8) is 0 Å². The second-order valence-corrected chi connectivity index (χ2v) is 10.7. The van der Waals surface area contributed by atoms with E-state index in [1.165, 1.54) is 44.9 Å². The maximum Gasteiger partial charge on any atom is 0.306 e.